The lowest BCUT2D eigenvalue weighted by atomic mass is 10.1. The molecule has 1 aliphatic heterocycles. The van der Waals surface area contributed by atoms with E-state index in [1.807, 2.05) is 5.92 Å². The fraction of sp³-hybridized carbons (Fsp3) is 0.333. The highest BCUT2D eigenvalue weighted by Gasteiger charge is 2.43. The molecule has 6 heteroatoms. The van der Waals surface area contributed by atoms with Gasteiger partial charge in [-0.25, -0.2) is 9.18 Å². The highest BCUT2D eigenvalue weighted by molar-refractivity contribution is 7.99. The predicted molar refractivity (Wildman–Crippen MR) is 77.7 cm³/mol. The minimum Gasteiger partial charge on any atom is -0.464 e. The van der Waals surface area contributed by atoms with E-state index in [4.69, 9.17) is 11.2 Å². The van der Waals surface area contributed by atoms with Crippen LogP contribution in [0.15, 0.2) is 24.3 Å². The van der Waals surface area contributed by atoms with Gasteiger partial charge in [0.2, 0.25) is 0 Å². The van der Waals surface area contributed by atoms with Crippen molar-refractivity contribution in [1.82, 2.24) is 4.90 Å². The first-order valence-corrected chi connectivity index (χ1v) is 7.46. The molecule has 1 aromatic rings. The van der Waals surface area contributed by atoms with Gasteiger partial charge in [0, 0.05) is 11.3 Å². The summed E-state index contributed by atoms with van der Waals surface area (Å²) in [5.41, 5.74) is 0.331. The number of esters is 1. The molecule has 1 aromatic carbocycles. The number of hydrogen-bond acceptors (Lipinski definition) is 4. The summed E-state index contributed by atoms with van der Waals surface area (Å²) in [7, 11) is 0. The lowest BCUT2D eigenvalue weighted by Gasteiger charge is -2.26. The second-order valence-electron chi connectivity index (χ2n) is 4.33. The highest BCUT2D eigenvalue weighted by atomic mass is 32.2. The summed E-state index contributed by atoms with van der Waals surface area (Å²) < 4.78 is 18.9. The molecule has 0 bridgehead atoms. The van der Waals surface area contributed by atoms with Gasteiger partial charge < -0.3 is 9.64 Å². The van der Waals surface area contributed by atoms with Crippen molar-refractivity contribution in [1.29, 1.82) is 0 Å². The van der Waals surface area contributed by atoms with Crippen LogP contribution in [0.3, 0.4) is 0 Å². The molecule has 1 unspecified atom stereocenters. The number of halogens is 1. The maximum absolute atomic E-state index is 13.9. The Morgan fingerprint density at radius 1 is 1.52 bits per heavy atom. The Bertz CT molecular complexity index is 599. The van der Waals surface area contributed by atoms with Gasteiger partial charge in [-0.15, -0.1) is 18.2 Å². The standard InChI is InChI=1S/C15H14FNO3S/c1-3-13(18)17-12(15(19)20-4-2)9-21-14(17)10-7-5-6-8-11(10)16/h1,5-8,12,14H,4,9H2,2H3/t12-,14?/m1/s1. The molecule has 0 saturated carbocycles. The molecule has 1 aliphatic rings. The van der Waals surface area contributed by atoms with Gasteiger partial charge in [0.15, 0.2) is 0 Å². The summed E-state index contributed by atoms with van der Waals surface area (Å²) in [6.07, 6.45) is 5.17. The Labute approximate surface area is 126 Å². The van der Waals surface area contributed by atoms with E-state index >= 15 is 0 Å². The van der Waals surface area contributed by atoms with Gasteiger partial charge in [0.05, 0.1) is 6.61 Å². The lowest BCUT2D eigenvalue weighted by molar-refractivity contribution is -0.152. The number of amides is 1. The molecular weight excluding hydrogens is 293 g/mol. The van der Waals surface area contributed by atoms with Gasteiger partial charge in [-0.1, -0.05) is 18.2 Å². The molecule has 0 aliphatic carbocycles. The second kappa shape index (κ2) is 6.64. The minimum atomic E-state index is -0.789. The lowest BCUT2D eigenvalue weighted by Crippen LogP contribution is -2.43. The fourth-order valence-electron chi connectivity index (χ4n) is 2.16. The van der Waals surface area contributed by atoms with Crippen molar-refractivity contribution in [2.45, 2.75) is 18.3 Å². The Morgan fingerprint density at radius 2 is 2.24 bits per heavy atom. The number of carbonyl (C=O) groups excluding carboxylic acids is 2. The van der Waals surface area contributed by atoms with Crippen LogP contribution in [-0.2, 0) is 14.3 Å². The molecule has 1 saturated heterocycles. The smallest absolute Gasteiger partial charge is 0.329 e. The molecule has 0 spiro atoms. The first-order valence-electron chi connectivity index (χ1n) is 6.41. The Hall–Kier alpha value is -2.00. The molecule has 0 N–H and O–H groups in total. The molecule has 0 aromatic heterocycles. The minimum absolute atomic E-state index is 0.211. The van der Waals surface area contributed by atoms with Crippen LogP contribution >= 0.6 is 11.8 Å². The quantitative estimate of drug-likeness (QED) is 0.633. The predicted octanol–water partition coefficient (Wildman–Crippen LogP) is 1.96. The Kier molecular flexibility index (Phi) is 4.86. The third kappa shape index (κ3) is 3.03. The number of nitrogens with zero attached hydrogens (tertiary/aromatic N) is 1. The third-order valence-corrected chi connectivity index (χ3v) is 4.39. The van der Waals surface area contributed by atoms with Crippen LogP contribution < -0.4 is 0 Å². The van der Waals surface area contributed by atoms with E-state index in [2.05, 4.69) is 0 Å². The molecule has 21 heavy (non-hydrogen) atoms. The maximum Gasteiger partial charge on any atom is 0.329 e. The SMILES string of the molecule is C#CC(=O)N1C(c2ccccc2F)SC[C@@H]1C(=O)OCC. The van der Waals surface area contributed by atoms with Crippen molar-refractivity contribution in [2.75, 3.05) is 12.4 Å². The van der Waals surface area contributed by atoms with Crippen molar-refractivity contribution in [3.63, 3.8) is 0 Å². The van der Waals surface area contributed by atoms with Gasteiger partial charge in [-0.3, -0.25) is 4.79 Å². The molecule has 2 atom stereocenters. The number of ether oxygens (including phenoxy) is 1. The van der Waals surface area contributed by atoms with Crippen LogP contribution in [0.5, 0.6) is 0 Å². The number of thioether (sulfide) groups is 1. The molecular formula is C15H14FNO3S. The van der Waals surface area contributed by atoms with Crippen molar-refractivity contribution in [3.05, 3.63) is 35.6 Å². The Balaban J connectivity index is 2.35. The van der Waals surface area contributed by atoms with Gasteiger partial charge >= 0.3 is 5.97 Å². The van der Waals surface area contributed by atoms with Crippen molar-refractivity contribution in [3.8, 4) is 12.3 Å². The zero-order valence-corrected chi connectivity index (χ0v) is 12.2. The summed E-state index contributed by atoms with van der Waals surface area (Å²) in [6, 6.07) is 5.34. The monoisotopic (exact) mass is 307 g/mol. The van der Waals surface area contributed by atoms with Crippen LogP contribution in [0.25, 0.3) is 0 Å². The highest BCUT2D eigenvalue weighted by Crippen LogP contribution is 2.42. The van der Waals surface area contributed by atoms with Crippen LogP contribution in [0, 0.1) is 18.2 Å². The van der Waals surface area contributed by atoms with Crippen LogP contribution in [0.1, 0.15) is 17.9 Å². The number of benzene rings is 1. The summed E-state index contributed by atoms with van der Waals surface area (Å²) >= 11 is 1.29. The number of rotatable bonds is 3. The van der Waals surface area contributed by atoms with Crippen molar-refractivity contribution < 1.29 is 18.7 Å². The maximum atomic E-state index is 13.9. The van der Waals surface area contributed by atoms with Crippen LogP contribution in [0.2, 0.25) is 0 Å². The zero-order valence-electron chi connectivity index (χ0n) is 11.4. The summed E-state index contributed by atoms with van der Waals surface area (Å²) in [6.45, 7) is 1.89. The number of hydrogen-bond donors (Lipinski definition) is 0. The van der Waals surface area contributed by atoms with Crippen LogP contribution in [0.4, 0.5) is 4.39 Å². The largest absolute Gasteiger partial charge is 0.464 e. The van der Waals surface area contributed by atoms with Gasteiger partial charge in [-0.2, -0.15) is 0 Å². The topological polar surface area (TPSA) is 46.6 Å². The molecule has 1 heterocycles. The van der Waals surface area contributed by atoms with E-state index in [9.17, 15) is 14.0 Å². The van der Waals surface area contributed by atoms with Gasteiger partial charge in [0.1, 0.15) is 17.2 Å². The first-order chi connectivity index (χ1) is 10.1. The van der Waals surface area contributed by atoms with E-state index in [-0.39, 0.29) is 6.61 Å². The Morgan fingerprint density at radius 3 is 2.86 bits per heavy atom. The van der Waals surface area contributed by atoms with Crippen LogP contribution in [-0.4, -0.2) is 35.2 Å². The molecule has 1 amide bonds. The summed E-state index contributed by atoms with van der Waals surface area (Å²) in [4.78, 5) is 25.1. The summed E-state index contributed by atoms with van der Waals surface area (Å²) in [5.74, 6) is 0.718. The molecule has 4 nitrogen and oxygen atoms in total. The normalized spacial score (nSPS) is 20.9. The van der Waals surface area contributed by atoms with Crippen molar-refractivity contribution >= 4 is 23.6 Å². The van der Waals surface area contributed by atoms with E-state index in [1.165, 1.54) is 22.7 Å². The average Bonchev–Trinajstić information content (AvgIpc) is 2.92. The molecule has 110 valence electrons. The van der Waals surface area contributed by atoms with E-state index in [1.54, 1.807) is 25.1 Å². The average molecular weight is 307 g/mol. The second-order valence-corrected chi connectivity index (χ2v) is 5.44. The van der Waals surface area contributed by atoms with Crippen molar-refractivity contribution in [2.24, 2.45) is 0 Å². The van der Waals surface area contributed by atoms with Gasteiger partial charge in [0.25, 0.3) is 5.91 Å². The fourth-order valence-corrected chi connectivity index (χ4v) is 3.60. The zero-order chi connectivity index (χ0) is 15.4. The molecule has 2 rings (SSSR count). The first kappa shape index (κ1) is 15.4. The summed E-state index contributed by atoms with van der Waals surface area (Å²) in [5, 5.41) is -0.621. The van der Waals surface area contributed by atoms with E-state index in [0.29, 0.717) is 11.3 Å². The third-order valence-electron chi connectivity index (χ3n) is 3.09. The van der Waals surface area contributed by atoms with E-state index in [0.717, 1.165) is 0 Å². The van der Waals surface area contributed by atoms with E-state index < -0.39 is 29.1 Å². The molecule has 0 radical (unpaired) electrons. The number of terminal acetylenes is 1. The van der Waals surface area contributed by atoms with Gasteiger partial charge in [-0.05, 0) is 18.9 Å². The molecule has 1 fully saturated rings. The number of carbonyl (C=O) groups is 2.